The summed E-state index contributed by atoms with van der Waals surface area (Å²) in [5.74, 6) is -0.0736. The van der Waals surface area contributed by atoms with Crippen molar-refractivity contribution in [2.24, 2.45) is 0 Å². The van der Waals surface area contributed by atoms with Crippen LogP contribution in [-0.4, -0.2) is 44.4 Å². The van der Waals surface area contributed by atoms with Crippen LogP contribution in [0.2, 0.25) is 10.0 Å². The smallest absolute Gasteiger partial charge is 0.410 e. The largest absolute Gasteiger partial charge is 0.485 e. The molecule has 4 rings (SSSR count). The van der Waals surface area contributed by atoms with E-state index in [-0.39, 0.29) is 29.6 Å². The van der Waals surface area contributed by atoms with Gasteiger partial charge in [0.05, 0.1) is 17.3 Å². The van der Waals surface area contributed by atoms with Gasteiger partial charge in [-0.15, -0.1) is 0 Å². The van der Waals surface area contributed by atoms with Crippen LogP contribution in [0.25, 0.3) is 11.1 Å². The van der Waals surface area contributed by atoms with Crippen LogP contribution in [0.15, 0.2) is 36.8 Å². The monoisotopic (exact) mass is 535 g/mol. The molecule has 3 aromatic rings. The number of amides is 1. The molecule has 1 aliphatic rings. The van der Waals surface area contributed by atoms with Gasteiger partial charge < -0.3 is 20.1 Å². The van der Waals surface area contributed by atoms with Crippen molar-refractivity contribution in [2.75, 3.05) is 18.8 Å². The van der Waals surface area contributed by atoms with Crippen molar-refractivity contribution in [3.8, 4) is 16.9 Å². The number of nitrogens with zero attached hydrogens (tertiary/aromatic N) is 4. The molecule has 0 unspecified atom stereocenters. The first-order chi connectivity index (χ1) is 17.0. The second kappa shape index (κ2) is 10.5. The number of piperidine rings is 1. The highest BCUT2D eigenvalue weighted by molar-refractivity contribution is 6.36. The highest BCUT2D eigenvalue weighted by atomic mass is 35.5. The van der Waals surface area contributed by atoms with E-state index in [0.29, 0.717) is 29.4 Å². The maximum absolute atomic E-state index is 13.8. The SMILES string of the molecule is CC(C)(C)OC(=O)N1CCC(n2cc(-c3cnc(N)c(OCc4c(Cl)ccc(F)c4Cl)c3)cn2)CC1. The van der Waals surface area contributed by atoms with Gasteiger partial charge in [-0.1, -0.05) is 23.2 Å². The van der Waals surface area contributed by atoms with Crippen LogP contribution in [0.5, 0.6) is 5.75 Å². The van der Waals surface area contributed by atoms with E-state index < -0.39 is 11.4 Å². The summed E-state index contributed by atoms with van der Waals surface area (Å²) in [5, 5.41) is 4.73. The standard InChI is InChI=1S/C25H28Cl2FN5O3/c1-25(2,3)36-24(34)32-8-6-17(7-9-32)33-13-16(12-31-33)15-10-21(23(29)30-11-15)35-14-18-19(26)4-5-20(28)22(18)27/h4-5,10-13,17H,6-9,14H2,1-3H3,(H2,29,30). The summed E-state index contributed by atoms with van der Waals surface area (Å²) in [4.78, 5) is 18.3. The van der Waals surface area contributed by atoms with Crippen LogP contribution in [0, 0.1) is 5.82 Å². The summed E-state index contributed by atoms with van der Waals surface area (Å²) in [5.41, 5.74) is 7.40. The first-order valence-electron chi connectivity index (χ1n) is 11.5. The first-order valence-corrected chi connectivity index (χ1v) is 12.3. The number of anilines is 1. The highest BCUT2D eigenvalue weighted by Gasteiger charge is 2.28. The van der Waals surface area contributed by atoms with Crippen molar-refractivity contribution in [3.63, 3.8) is 0 Å². The molecule has 0 aliphatic carbocycles. The number of rotatable bonds is 5. The molecule has 0 bridgehead atoms. The normalized spacial score (nSPS) is 14.7. The third-order valence-electron chi connectivity index (χ3n) is 5.82. The van der Waals surface area contributed by atoms with E-state index in [4.69, 9.17) is 38.4 Å². The van der Waals surface area contributed by atoms with Gasteiger partial charge in [-0.2, -0.15) is 5.10 Å². The number of nitrogen functional groups attached to an aromatic ring is 1. The molecular weight excluding hydrogens is 508 g/mol. The minimum Gasteiger partial charge on any atom is -0.485 e. The first kappa shape index (κ1) is 26.0. The third kappa shape index (κ3) is 6.02. The van der Waals surface area contributed by atoms with Crippen molar-refractivity contribution < 1.29 is 18.7 Å². The minimum absolute atomic E-state index is 0.0692. The average molecular weight is 536 g/mol. The molecule has 0 atom stereocenters. The fourth-order valence-corrected chi connectivity index (χ4v) is 4.39. The predicted molar refractivity (Wildman–Crippen MR) is 137 cm³/mol. The predicted octanol–water partition coefficient (Wildman–Crippen LogP) is 6.12. The van der Waals surface area contributed by atoms with Crippen LogP contribution in [-0.2, 0) is 11.3 Å². The molecule has 192 valence electrons. The number of carbonyl (C=O) groups is 1. The Balaban J connectivity index is 1.42. The number of benzene rings is 1. The summed E-state index contributed by atoms with van der Waals surface area (Å²) in [6.07, 6.45) is 6.57. The van der Waals surface area contributed by atoms with E-state index in [9.17, 15) is 9.18 Å². The number of nitrogens with two attached hydrogens (primary N) is 1. The summed E-state index contributed by atoms with van der Waals surface area (Å²) in [7, 11) is 0. The maximum Gasteiger partial charge on any atom is 0.410 e. The Hall–Kier alpha value is -3.04. The van der Waals surface area contributed by atoms with Crippen molar-refractivity contribution in [1.29, 1.82) is 0 Å². The number of hydrogen-bond donors (Lipinski definition) is 1. The zero-order valence-electron chi connectivity index (χ0n) is 20.3. The maximum atomic E-state index is 13.8. The Morgan fingerprint density at radius 1 is 1.19 bits per heavy atom. The number of hydrogen-bond acceptors (Lipinski definition) is 6. The molecule has 1 amide bonds. The van der Waals surface area contributed by atoms with Gasteiger partial charge in [0.2, 0.25) is 0 Å². The molecule has 36 heavy (non-hydrogen) atoms. The number of aromatic nitrogens is 3. The van der Waals surface area contributed by atoms with E-state index in [0.717, 1.165) is 24.0 Å². The van der Waals surface area contributed by atoms with Crippen molar-refractivity contribution in [3.05, 3.63) is 58.2 Å². The van der Waals surface area contributed by atoms with Gasteiger partial charge in [0.1, 0.15) is 18.0 Å². The number of halogens is 3. The van der Waals surface area contributed by atoms with Gasteiger partial charge in [-0.3, -0.25) is 4.68 Å². The molecular formula is C25H28Cl2FN5O3. The number of pyridine rings is 1. The molecule has 0 saturated carbocycles. The summed E-state index contributed by atoms with van der Waals surface area (Å²) >= 11 is 12.2. The van der Waals surface area contributed by atoms with Gasteiger partial charge in [0.25, 0.3) is 0 Å². The highest BCUT2D eigenvalue weighted by Crippen LogP contribution is 2.32. The van der Waals surface area contributed by atoms with Crippen LogP contribution >= 0.6 is 23.2 Å². The molecule has 3 heterocycles. The quantitative estimate of drug-likeness (QED) is 0.395. The van der Waals surface area contributed by atoms with Crippen LogP contribution in [0.1, 0.15) is 45.2 Å². The Morgan fingerprint density at radius 2 is 1.92 bits per heavy atom. The topological polar surface area (TPSA) is 95.5 Å². The Bertz CT molecular complexity index is 1250. The Morgan fingerprint density at radius 3 is 2.61 bits per heavy atom. The van der Waals surface area contributed by atoms with Crippen LogP contribution in [0.3, 0.4) is 0 Å². The van der Waals surface area contributed by atoms with E-state index >= 15 is 0 Å². The lowest BCUT2D eigenvalue weighted by Gasteiger charge is -2.33. The zero-order chi connectivity index (χ0) is 26.0. The van der Waals surface area contributed by atoms with Gasteiger partial charge >= 0.3 is 6.09 Å². The number of ether oxygens (including phenoxy) is 2. The van der Waals surface area contributed by atoms with E-state index in [1.165, 1.54) is 12.1 Å². The van der Waals surface area contributed by atoms with E-state index in [2.05, 4.69) is 10.1 Å². The fraction of sp³-hybridized carbons (Fsp3) is 0.400. The second-order valence-electron chi connectivity index (χ2n) is 9.63. The zero-order valence-corrected chi connectivity index (χ0v) is 21.8. The Labute approximate surface area is 219 Å². The molecule has 1 saturated heterocycles. The number of carbonyl (C=O) groups excluding carboxylic acids is 1. The molecule has 0 radical (unpaired) electrons. The lowest BCUT2D eigenvalue weighted by molar-refractivity contribution is 0.0185. The van der Waals surface area contributed by atoms with Crippen LogP contribution in [0.4, 0.5) is 15.0 Å². The fourth-order valence-electron chi connectivity index (χ4n) is 3.91. The summed E-state index contributed by atoms with van der Waals surface area (Å²) < 4.78 is 27.0. The van der Waals surface area contributed by atoms with Gasteiger partial charge in [-0.05, 0) is 51.8 Å². The number of likely N-dealkylation sites (tertiary alicyclic amines) is 1. The van der Waals surface area contributed by atoms with E-state index in [1.54, 1.807) is 23.4 Å². The lowest BCUT2D eigenvalue weighted by atomic mass is 10.1. The molecule has 1 aromatic carbocycles. The van der Waals surface area contributed by atoms with Gasteiger partial charge in [0.15, 0.2) is 11.6 Å². The summed E-state index contributed by atoms with van der Waals surface area (Å²) in [6, 6.07) is 4.53. The van der Waals surface area contributed by atoms with Crippen LogP contribution < -0.4 is 10.5 Å². The van der Waals surface area contributed by atoms with Crippen molar-refractivity contribution in [2.45, 2.75) is 51.9 Å². The second-order valence-corrected chi connectivity index (χ2v) is 10.4. The lowest BCUT2D eigenvalue weighted by Crippen LogP contribution is -2.42. The molecule has 0 spiro atoms. The summed E-state index contributed by atoms with van der Waals surface area (Å²) in [6.45, 7) is 6.70. The third-order valence-corrected chi connectivity index (χ3v) is 6.58. The average Bonchev–Trinajstić information content (AvgIpc) is 3.32. The van der Waals surface area contributed by atoms with Gasteiger partial charge in [-0.25, -0.2) is 14.2 Å². The molecule has 2 N–H and O–H groups in total. The molecule has 2 aromatic heterocycles. The molecule has 1 fully saturated rings. The van der Waals surface area contributed by atoms with Gasteiger partial charge in [0, 0.05) is 47.2 Å². The minimum atomic E-state index is -0.580. The van der Waals surface area contributed by atoms with Crippen molar-refractivity contribution in [1.82, 2.24) is 19.7 Å². The molecule has 1 aliphatic heterocycles. The van der Waals surface area contributed by atoms with E-state index in [1.807, 2.05) is 31.6 Å². The molecule has 11 heteroatoms. The molecule has 8 nitrogen and oxygen atoms in total. The van der Waals surface area contributed by atoms with Crippen molar-refractivity contribution >= 4 is 35.1 Å². The Kier molecular flexibility index (Phi) is 7.61.